The number of benzene rings is 3. The van der Waals surface area contributed by atoms with Crippen LogP contribution in [0, 0.1) is 0 Å². The molecule has 26 heavy (non-hydrogen) atoms. The zero-order chi connectivity index (χ0) is 18.1. The molecule has 0 radical (unpaired) electrons. The lowest BCUT2D eigenvalue weighted by Gasteiger charge is -2.40. The Hall–Kier alpha value is -3.43. The van der Waals surface area contributed by atoms with Crippen LogP contribution in [0.25, 0.3) is 21.6 Å². The van der Waals surface area contributed by atoms with Crippen molar-refractivity contribution in [1.29, 1.82) is 0 Å². The number of nitrogens with two attached hydrogens (primary N) is 1. The van der Waals surface area contributed by atoms with E-state index in [0.29, 0.717) is 5.69 Å². The van der Waals surface area contributed by atoms with Gasteiger partial charge in [0.25, 0.3) is 0 Å². The van der Waals surface area contributed by atoms with Crippen molar-refractivity contribution in [2.45, 2.75) is 13.0 Å². The van der Waals surface area contributed by atoms with Crippen LogP contribution in [0.1, 0.15) is 24.1 Å². The molecule has 0 amide bonds. The average molecular weight is 341 g/mol. The van der Waals surface area contributed by atoms with E-state index >= 15 is 0 Å². The molecule has 5 nitrogen and oxygen atoms in total. The van der Waals surface area contributed by atoms with Gasteiger partial charge in [0, 0.05) is 34.1 Å². The van der Waals surface area contributed by atoms with Crippen LogP contribution < -0.4 is 10.6 Å². The Labute approximate surface area is 152 Å². The Morgan fingerprint density at radius 3 is 2.54 bits per heavy atom. The molecular formula is C21H19N5. The van der Waals surface area contributed by atoms with Crippen LogP contribution in [0.15, 0.2) is 71.8 Å². The maximum Gasteiger partial charge on any atom is 0.0802 e. The number of nitrogens with zero attached hydrogens (tertiary/aromatic N) is 4. The molecule has 3 aromatic rings. The van der Waals surface area contributed by atoms with E-state index in [0.717, 1.165) is 23.5 Å². The zero-order valence-corrected chi connectivity index (χ0v) is 14.5. The molecule has 1 heterocycles. The predicted molar refractivity (Wildman–Crippen MR) is 106 cm³/mol. The third-order valence-electron chi connectivity index (χ3n) is 4.88. The molecule has 3 aromatic carbocycles. The van der Waals surface area contributed by atoms with E-state index < -0.39 is 0 Å². The Balaban J connectivity index is 2.01. The molecule has 0 aliphatic carbocycles. The first-order valence-electron chi connectivity index (χ1n) is 8.63. The van der Waals surface area contributed by atoms with Gasteiger partial charge in [-0.25, -0.2) is 0 Å². The summed E-state index contributed by atoms with van der Waals surface area (Å²) in [5.74, 6) is 0. The van der Waals surface area contributed by atoms with Gasteiger partial charge in [-0.2, -0.15) is 0 Å². The minimum atomic E-state index is 0.0634. The molecule has 4 rings (SSSR count). The highest BCUT2D eigenvalue weighted by molar-refractivity contribution is 5.88. The largest absolute Gasteiger partial charge is 0.399 e. The van der Waals surface area contributed by atoms with Gasteiger partial charge in [-0.15, -0.1) is 0 Å². The first-order valence-corrected chi connectivity index (χ1v) is 8.63. The normalized spacial score (nSPS) is 15.0. The van der Waals surface area contributed by atoms with E-state index in [-0.39, 0.29) is 6.04 Å². The van der Waals surface area contributed by atoms with Gasteiger partial charge in [0.15, 0.2) is 0 Å². The molecule has 0 saturated heterocycles. The van der Waals surface area contributed by atoms with Crippen LogP contribution in [-0.2, 0) is 0 Å². The van der Waals surface area contributed by atoms with E-state index in [4.69, 9.17) is 11.3 Å². The molecule has 0 bridgehead atoms. The molecule has 0 fully saturated rings. The molecule has 0 aromatic heterocycles. The number of anilines is 2. The lowest BCUT2D eigenvalue weighted by Crippen LogP contribution is -2.32. The van der Waals surface area contributed by atoms with Crippen molar-refractivity contribution in [3.63, 3.8) is 0 Å². The lowest BCUT2D eigenvalue weighted by molar-refractivity contribution is 0.719. The number of rotatable bonds is 3. The summed E-state index contributed by atoms with van der Waals surface area (Å²) in [6.45, 7) is 2.96. The third-order valence-corrected chi connectivity index (χ3v) is 4.88. The smallest absolute Gasteiger partial charge is 0.0802 e. The van der Waals surface area contributed by atoms with Gasteiger partial charge in [-0.1, -0.05) is 53.6 Å². The second kappa shape index (κ2) is 6.47. The van der Waals surface area contributed by atoms with Gasteiger partial charge in [0.1, 0.15) is 0 Å². The maximum atomic E-state index is 8.80. The molecule has 1 atom stereocenters. The van der Waals surface area contributed by atoms with Crippen LogP contribution in [0.5, 0.6) is 0 Å². The van der Waals surface area contributed by atoms with E-state index in [9.17, 15) is 0 Å². The van der Waals surface area contributed by atoms with Gasteiger partial charge < -0.3 is 10.6 Å². The van der Waals surface area contributed by atoms with Crippen molar-refractivity contribution in [3.8, 4) is 11.1 Å². The second-order valence-corrected chi connectivity index (χ2v) is 6.34. The number of nitrogen functional groups attached to an aromatic ring is 1. The monoisotopic (exact) mass is 341 g/mol. The highest BCUT2D eigenvalue weighted by Gasteiger charge is 2.31. The number of hydrogen-bond donors (Lipinski definition) is 1. The first-order chi connectivity index (χ1) is 12.7. The molecular weight excluding hydrogens is 322 g/mol. The highest BCUT2D eigenvalue weighted by Crippen LogP contribution is 2.48. The molecule has 128 valence electrons. The molecule has 5 heteroatoms. The second-order valence-electron chi connectivity index (χ2n) is 6.34. The molecule has 1 aliphatic rings. The Kier molecular flexibility index (Phi) is 3.99. The molecule has 2 N–H and O–H groups in total. The van der Waals surface area contributed by atoms with Crippen molar-refractivity contribution in [3.05, 3.63) is 88.3 Å². The van der Waals surface area contributed by atoms with E-state index in [2.05, 4.69) is 58.2 Å². The van der Waals surface area contributed by atoms with E-state index in [1.165, 1.54) is 16.7 Å². The Bertz CT molecular complexity index is 1010. The van der Waals surface area contributed by atoms with E-state index in [1.807, 2.05) is 30.3 Å². The molecule has 1 aliphatic heterocycles. The standard InChI is InChI=1S/C21H19N5/c1-2-26-20-13-16(24-25-23)9-11-18(20)17-10-8-15(22)12-19(17)21(26)14-6-4-3-5-7-14/h3-13,21H,2,22H2,1H3. The topological polar surface area (TPSA) is 78.0 Å². The van der Waals surface area contributed by atoms with Crippen LogP contribution >= 0.6 is 0 Å². The van der Waals surface area contributed by atoms with Gasteiger partial charge >= 0.3 is 0 Å². The first kappa shape index (κ1) is 16.1. The number of azide groups is 1. The van der Waals surface area contributed by atoms with Crippen LogP contribution in [0.4, 0.5) is 17.1 Å². The van der Waals surface area contributed by atoms with Crippen molar-refractivity contribution >= 4 is 17.1 Å². The Morgan fingerprint density at radius 1 is 1.04 bits per heavy atom. The summed E-state index contributed by atoms with van der Waals surface area (Å²) in [7, 11) is 0. The maximum absolute atomic E-state index is 8.80. The summed E-state index contributed by atoms with van der Waals surface area (Å²) in [6, 6.07) is 22.4. The SMILES string of the molecule is CCN1c2cc(N=[N+]=[N-])ccc2-c2ccc(N)cc2C1c1ccccc1. The van der Waals surface area contributed by atoms with Gasteiger partial charge in [-0.3, -0.25) is 0 Å². The van der Waals surface area contributed by atoms with Gasteiger partial charge in [-0.05, 0) is 47.3 Å². The predicted octanol–water partition coefficient (Wildman–Crippen LogP) is 5.81. The number of hydrogen-bond acceptors (Lipinski definition) is 3. The molecule has 0 saturated carbocycles. The highest BCUT2D eigenvalue weighted by atomic mass is 15.2. The molecule has 0 spiro atoms. The fourth-order valence-electron chi connectivity index (χ4n) is 3.81. The van der Waals surface area contributed by atoms with Crippen molar-refractivity contribution < 1.29 is 0 Å². The van der Waals surface area contributed by atoms with Crippen LogP contribution in [0.2, 0.25) is 0 Å². The van der Waals surface area contributed by atoms with Crippen molar-refractivity contribution in [2.75, 3.05) is 17.2 Å². The quantitative estimate of drug-likeness (QED) is 0.282. The van der Waals surface area contributed by atoms with Gasteiger partial charge in [0.2, 0.25) is 0 Å². The third kappa shape index (κ3) is 2.55. The van der Waals surface area contributed by atoms with Crippen LogP contribution in [0.3, 0.4) is 0 Å². The minimum absolute atomic E-state index is 0.0634. The summed E-state index contributed by atoms with van der Waals surface area (Å²) in [5.41, 5.74) is 22.1. The summed E-state index contributed by atoms with van der Waals surface area (Å²) < 4.78 is 0. The van der Waals surface area contributed by atoms with Crippen molar-refractivity contribution in [1.82, 2.24) is 0 Å². The summed E-state index contributed by atoms with van der Waals surface area (Å²) >= 11 is 0. The Morgan fingerprint density at radius 2 is 1.81 bits per heavy atom. The van der Waals surface area contributed by atoms with Crippen molar-refractivity contribution in [2.24, 2.45) is 5.11 Å². The summed E-state index contributed by atoms with van der Waals surface area (Å²) in [6.07, 6.45) is 0. The lowest BCUT2D eigenvalue weighted by atomic mass is 9.84. The van der Waals surface area contributed by atoms with Gasteiger partial charge in [0.05, 0.1) is 6.04 Å². The fraction of sp³-hybridized carbons (Fsp3) is 0.143. The minimum Gasteiger partial charge on any atom is -0.399 e. The van der Waals surface area contributed by atoms with Crippen LogP contribution in [-0.4, -0.2) is 6.54 Å². The summed E-state index contributed by atoms with van der Waals surface area (Å²) in [5, 5.41) is 3.79. The summed E-state index contributed by atoms with van der Waals surface area (Å²) in [4.78, 5) is 5.26. The molecule has 1 unspecified atom stereocenters. The average Bonchev–Trinajstić information content (AvgIpc) is 2.67. The zero-order valence-electron chi connectivity index (χ0n) is 14.5. The van der Waals surface area contributed by atoms with E-state index in [1.54, 1.807) is 0 Å². The number of fused-ring (bicyclic) bond motifs is 3. The fourth-order valence-corrected chi connectivity index (χ4v) is 3.81.